The molecular weight excluding hydrogens is 358 g/mol. The maximum Gasteiger partial charge on any atom is 0.254 e. The molecule has 0 saturated carbocycles. The molecule has 1 aromatic heterocycles. The zero-order valence-electron chi connectivity index (χ0n) is 13.9. The lowest BCUT2D eigenvalue weighted by molar-refractivity contribution is 0.0655. The predicted octanol–water partition coefficient (Wildman–Crippen LogP) is 1.66. The summed E-state index contributed by atoms with van der Waals surface area (Å²) in [5.41, 5.74) is 0.506. The van der Waals surface area contributed by atoms with Gasteiger partial charge in [0.1, 0.15) is 0 Å². The highest BCUT2D eigenvalue weighted by Gasteiger charge is 2.24. The van der Waals surface area contributed by atoms with Crippen LogP contribution in [0.25, 0.3) is 0 Å². The summed E-state index contributed by atoms with van der Waals surface area (Å²) in [6, 6.07) is 10.0. The maximum absolute atomic E-state index is 12.6. The minimum Gasteiger partial charge on any atom is -0.333 e. The first-order chi connectivity index (χ1) is 12.0. The number of rotatable bonds is 5. The zero-order chi connectivity index (χ0) is 17.9. The highest BCUT2D eigenvalue weighted by Crippen LogP contribution is 2.16. The zero-order valence-corrected chi connectivity index (χ0v) is 15.6. The van der Waals surface area contributed by atoms with Gasteiger partial charge in [-0.25, -0.2) is 13.1 Å². The molecule has 1 aliphatic heterocycles. The second-order valence-electron chi connectivity index (χ2n) is 5.98. The number of thiophene rings is 1. The predicted molar refractivity (Wildman–Crippen MR) is 98.2 cm³/mol. The molecular formula is C17H21N3O3S2. The van der Waals surface area contributed by atoms with E-state index in [1.165, 1.54) is 23.5 Å². The van der Waals surface area contributed by atoms with Crippen molar-refractivity contribution in [1.82, 2.24) is 14.9 Å². The lowest BCUT2D eigenvalue weighted by Crippen LogP contribution is -2.52. The van der Waals surface area contributed by atoms with E-state index >= 15 is 0 Å². The van der Waals surface area contributed by atoms with Crippen LogP contribution in [-0.4, -0.2) is 44.9 Å². The highest BCUT2D eigenvalue weighted by molar-refractivity contribution is 7.89. The first-order valence-corrected chi connectivity index (χ1v) is 10.5. The van der Waals surface area contributed by atoms with Crippen molar-refractivity contribution in [2.24, 2.45) is 0 Å². The number of amides is 1. The molecule has 1 aromatic carbocycles. The average molecular weight is 380 g/mol. The molecule has 6 nitrogen and oxygen atoms in total. The van der Waals surface area contributed by atoms with Gasteiger partial charge in [-0.2, -0.15) is 0 Å². The van der Waals surface area contributed by atoms with Crippen LogP contribution in [0.3, 0.4) is 0 Å². The Kier molecular flexibility index (Phi) is 5.53. The van der Waals surface area contributed by atoms with Crippen molar-refractivity contribution in [3.8, 4) is 0 Å². The summed E-state index contributed by atoms with van der Waals surface area (Å²) in [7, 11) is -3.59. The number of nitrogens with zero attached hydrogens (tertiary/aromatic N) is 1. The quantitative estimate of drug-likeness (QED) is 0.828. The molecule has 1 aliphatic rings. The Labute approximate surface area is 151 Å². The fourth-order valence-electron chi connectivity index (χ4n) is 2.75. The molecule has 0 unspecified atom stereocenters. The molecule has 0 aliphatic carbocycles. The summed E-state index contributed by atoms with van der Waals surface area (Å²) in [4.78, 5) is 15.5. The normalized spacial score (nSPS) is 18.3. The third kappa shape index (κ3) is 4.27. The lowest BCUT2D eigenvalue weighted by atomic mass is 10.1. The summed E-state index contributed by atoms with van der Waals surface area (Å²) in [5.74, 6) is -0.0653. The molecule has 0 bridgehead atoms. The number of hydrogen-bond acceptors (Lipinski definition) is 5. The van der Waals surface area contributed by atoms with Crippen LogP contribution >= 0.6 is 11.3 Å². The second-order valence-corrected chi connectivity index (χ2v) is 8.78. The van der Waals surface area contributed by atoms with Crippen LogP contribution < -0.4 is 10.0 Å². The molecule has 1 atom stereocenters. The molecule has 2 aromatic rings. The van der Waals surface area contributed by atoms with Crippen LogP contribution in [0.5, 0.6) is 0 Å². The van der Waals surface area contributed by atoms with E-state index in [1.54, 1.807) is 12.1 Å². The van der Waals surface area contributed by atoms with Crippen molar-refractivity contribution >= 4 is 27.3 Å². The van der Waals surface area contributed by atoms with E-state index in [-0.39, 0.29) is 23.4 Å². The molecule has 0 radical (unpaired) electrons. The van der Waals surface area contributed by atoms with Crippen molar-refractivity contribution in [3.63, 3.8) is 0 Å². The Hall–Kier alpha value is -1.74. The van der Waals surface area contributed by atoms with Gasteiger partial charge in [-0.3, -0.25) is 4.79 Å². The first kappa shape index (κ1) is 18.1. The van der Waals surface area contributed by atoms with Crippen molar-refractivity contribution in [1.29, 1.82) is 0 Å². The Balaban J connectivity index is 1.69. The van der Waals surface area contributed by atoms with Crippen molar-refractivity contribution < 1.29 is 13.2 Å². The van der Waals surface area contributed by atoms with Gasteiger partial charge in [0.15, 0.2) is 0 Å². The SMILES string of the molecule is C[C@@H]1CNCCN1C(=O)c1ccc(S(=O)(=O)NCc2cccs2)cc1. The molecule has 1 saturated heterocycles. The van der Waals surface area contributed by atoms with E-state index in [0.717, 1.165) is 18.0 Å². The largest absolute Gasteiger partial charge is 0.333 e. The Morgan fingerprint density at radius 1 is 1.32 bits per heavy atom. The molecule has 134 valence electrons. The molecule has 2 heterocycles. The van der Waals surface area contributed by atoms with Gasteiger partial charge in [0.25, 0.3) is 5.91 Å². The van der Waals surface area contributed by atoms with Crippen LogP contribution in [0, 0.1) is 0 Å². The van der Waals surface area contributed by atoms with Crippen molar-refractivity contribution in [2.45, 2.75) is 24.4 Å². The van der Waals surface area contributed by atoms with Crippen LogP contribution in [0.1, 0.15) is 22.2 Å². The van der Waals surface area contributed by atoms with Gasteiger partial charge in [-0.1, -0.05) is 6.07 Å². The molecule has 2 N–H and O–H groups in total. The van der Waals surface area contributed by atoms with E-state index in [4.69, 9.17) is 0 Å². The minimum atomic E-state index is -3.59. The van der Waals surface area contributed by atoms with Crippen LogP contribution in [0.15, 0.2) is 46.7 Å². The van der Waals surface area contributed by atoms with Crippen molar-refractivity contribution in [3.05, 3.63) is 52.2 Å². The van der Waals surface area contributed by atoms with E-state index in [2.05, 4.69) is 10.0 Å². The standard InChI is InChI=1S/C17H21N3O3S2/c1-13-11-18-8-9-20(13)17(21)14-4-6-16(7-5-14)25(22,23)19-12-15-3-2-10-24-15/h2-7,10,13,18-19H,8-9,11-12H2,1H3/t13-/m1/s1. The first-order valence-electron chi connectivity index (χ1n) is 8.11. The summed E-state index contributed by atoms with van der Waals surface area (Å²) in [5, 5.41) is 5.15. The van der Waals surface area contributed by atoms with Gasteiger partial charge in [0.2, 0.25) is 10.0 Å². The average Bonchev–Trinajstić information content (AvgIpc) is 3.14. The molecule has 25 heavy (non-hydrogen) atoms. The van der Waals surface area contributed by atoms with E-state index in [9.17, 15) is 13.2 Å². The number of piperazine rings is 1. The smallest absolute Gasteiger partial charge is 0.254 e. The Bertz CT molecular complexity index is 817. The summed E-state index contributed by atoms with van der Waals surface area (Å²) >= 11 is 1.50. The molecule has 1 fully saturated rings. The van der Waals surface area contributed by atoms with Crippen LogP contribution in [-0.2, 0) is 16.6 Å². The highest BCUT2D eigenvalue weighted by atomic mass is 32.2. The topological polar surface area (TPSA) is 78.5 Å². The number of hydrogen-bond donors (Lipinski definition) is 2. The number of sulfonamides is 1. The summed E-state index contributed by atoms with van der Waals surface area (Å²) < 4.78 is 27.3. The molecule has 8 heteroatoms. The van der Waals surface area contributed by atoms with Crippen molar-refractivity contribution in [2.75, 3.05) is 19.6 Å². The number of nitrogens with one attached hydrogen (secondary N) is 2. The lowest BCUT2D eigenvalue weighted by Gasteiger charge is -2.34. The van der Waals surface area contributed by atoms with Gasteiger partial charge in [0.05, 0.1) is 4.90 Å². The van der Waals surface area contributed by atoms with Gasteiger partial charge < -0.3 is 10.2 Å². The monoisotopic (exact) mass is 379 g/mol. The Morgan fingerprint density at radius 3 is 2.72 bits per heavy atom. The summed E-state index contributed by atoms with van der Waals surface area (Å²) in [6.45, 7) is 4.46. The summed E-state index contributed by atoms with van der Waals surface area (Å²) in [6.07, 6.45) is 0. The minimum absolute atomic E-state index is 0.0653. The fraction of sp³-hybridized carbons (Fsp3) is 0.353. The van der Waals surface area contributed by atoms with E-state index in [1.807, 2.05) is 29.3 Å². The maximum atomic E-state index is 12.6. The third-order valence-corrected chi connectivity index (χ3v) is 6.48. The second kappa shape index (κ2) is 7.65. The van der Waals surface area contributed by atoms with Gasteiger partial charge in [-0.15, -0.1) is 11.3 Å². The van der Waals surface area contributed by atoms with E-state index in [0.29, 0.717) is 12.1 Å². The molecule has 0 spiro atoms. The van der Waals surface area contributed by atoms with Crippen LogP contribution in [0.2, 0.25) is 0 Å². The van der Waals surface area contributed by atoms with Crippen LogP contribution in [0.4, 0.5) is 0 Å². The number of carbonyl (C=O) groups excluding carboxylic acids is 1. The fourth-order valence-corrected chi connectivity index (χ4v) is 4.49. The van der Waals surface area contributed by atoms with Gasteiger partial charge >= 0.3 is 0 Å². The Morgan fingerprint density at radius 2 is 2.08 bits per heavy atom. The van der Waals surface area contributed by atoms with E-state index < -0.39 is 10.0 Å². The third-order valence-electron chi connectivity index (χ3n) is 4.19. The molecule has 3 rings (SSSR count). The number of benzene rings is 1. The molecule has 1 amide bonds. The van der Waals surface area contributed by atoms with Gasteiger partial charge in [0, 0.05) is 42.7 Å². The number of carbonyl (C=O) groups is 1. The van der Waals surface area contributed by atoms with Gasteiger partial charge in [-0.05, 0) is 42.6 Å².